The summed E-state index contributed by atoms with van der Waals surface area (Å²) in [5, 5.41) is 9.17. The van der Waals surface area contributed by atoms with Crippen LogP contribution in [0.2, 0.25) is 0 Å². The van der Waals surface area contributed by atoms with Gasteiger partial charge in [0, 0.05) is 12.0 Å². The Balaban J connectivity index is 3.44. The molecule has 1 atom stereocenters. The minimum absolute atomic E-state index is 0.147. The van der Waals surface area contributed by atoms with Gasteiger partial charge in [0.25, 0.3) is 0 Å². The van der Waals surface area contributed by atoms with Gasteiger partial charge < -0.3 is 10.8 Å². The smallest absolute Gasteiger partial charge is 0.147 e. The molecule has 5 heteroatoms. The third-order valence-corrected chi connectivity index (χ3v) is 2.58. The predicted octanol–water partition coefficient (Wildman–Crippen LogP) is -0.479. The number of sulfone groups is 1. The molecule has 0 fully saturated rings. The number of aliphatic hydroxyl groups is 1. The second kappa shape index (κ2) is 5.50. The van der Waals surface area contributed by atoms with Crippen molar-refractivity contribution in [3.05, 3.63) is 0 Å². The molecule has 0 aliphatic rings. The summed E-state index contributed by atoms with van der Waals surface area (Å²) < 4.78 is 21.3. The maximum Gasteiger partial charge on any atom is 0.147 e. The van der Waals surface area contributed by atoms with E-state index in [9.17, 15) is 13.5 Å². The quantitative estimate of drug-likeness (QED) is 0.600. The zero-order chi connectivity index (χ0) is 9.61. The Morgan fingerprint density at radius 2 is 2.00 bits per heavy atom. The lowest BCUT2D eigenvalue weighted by Gasteiger charge is -2.07. The molecule has 1 unspecified atom stereocenters. The number of hydrogen-bond acceptors (Lipinski definition) is 4. The summed E-state index contributed by atoms with van der Waals surface area (Å²) >= 11 is 0. The lowest BCUT2D eigenvalue weighted by atomic mass is 10.1. The van der Waals surface area contributed by atoms with E-state index in [0.29, 0.717) is 25.8 Å². The minimum Gasteiger partial charge on any atom is -0.393 e. The topological polar surface area (TPSA) is 80.4 Å². The molecule has 0 aliphatic carbocycles. The van der Waals surface area contributed by atoms with Gasteiger partial charge in [-0.25, -0.2) is 8.42 Å². The number of aliphatic hydroxyl groups excluding tert-OH is 1. The minimum atomic E-state index is -2.88. The van der Waals surface area contributed by atoms with Crippen LogP contribution in [0.4, 0.5) is 0 Å². The van der Waals surface area contributed by atoms with Gasteiger partial charge in [0.15, 0.2) is 0 Å². The zero-order valence-corrected chi connectivity index (χ0v) is 8.18. The third-order valence-electron chi connectivity index (χ3n) is 1.55. The van der Waals surface area contributed by atoms with Gasteiger partial charge in [-0.2, -0.15) is 0 Å². The van der Waals surface area contributed by atoms with Crippen LogP contribution in [0.3, 0.4) is 0 Å². The zero-order valence-electron chi connectivity index (χ0n) is 7.36. The highest BCUT2D eigenvalue weighted by molar-refractivity contribution is 7.90. The Labute approximate surface area is 73.7 Å². The molecule has 74 valence electrons. The Bertz CT molecular complexity index is 201. The molecule has 0 saturated heterocycles. The van der Waals surface area contributed by atoms with Gasteiger partial charge in [-0.1, -0.05) is 0 Å². The Morgan fingerprint density at radius 3 is 2.42 bits per heavy atom. The molecule has 0 radical (unpaired) electrons. The molecule has 3 N–H and O–H groups in total. The molecule has 0 aromatic carbocycles. The van der Waals surface area contributed by atoms with E-state index >= 15 is 0 Å². The van der Waals surface area contributed by atoms with Crippen molar-refractivity contribution >= 4 is 9.84 Å². The van der Waals surface area contributed by atoms with Crippen LogP contribution in [-0.4, -0.2) is 38.2 Å². The monoisotopic (exact) mass is 195 g/mol. The summed E-state index contributed by atoms with van der Waals surface area (Å²) in [5.74, 6) is 0.147. The third kappa shape index (κ3) is 7.97. The van der Waals surface area contributed by atoms with E-state index in [4.69, 9.17) is 5.73 Å². The van der Waals surface area contributed by atoms with Gasteiger partial charge in [0.2, 0.25) is 0 Å². The number of hydrogen-bond donors (Lipinski definition) is 2. The van der Waals surface area contributed by atoms with Crippen molar-refractivity contribution in [2.24, 2.45) is 5.73 Å². The summed E-state index contributed by atoms with van der Waals surface area (Å²) in [6.45, 7) is 0.444. The van der Waals surface area contributed by atoms with Crippen LogP contribution in [0.5, 0.6) is 0 Å². The van der Waals surface area contributed by atoms with Crippen LogP contribution >= 0.6 is 0 Å². The SMILES string of the molecule is CS(=O)(=O)CCCC(O)CCN. The molecule has 4 nitrogen and oxygen atoms in total. The van der Waals surface area contributed by atoms with Crippen LogP contribution in [0.25, 0.3) is 0 Å². The van der Waals surface area contributed by atoms with Gasteiger partial charge in [0.05, 0.1) is 6.10 Å². The van der Waals surface area contributed by atoms with Gasteiger partial charge in [-0.3, -0.25) is 0 Å². The second-order valence-corrected chi connectivity index (χ2v) is 5.26. The van der Waals surface area contributed by atoms with Crippen molar-refractivity contribution in [3.8, 4) is 0 Å². The lowest BCUT2D eigenvalue weighted by molar-refractivity contribution is 0.156. The molecule has 0 bridgehead atoms. The average Bonchev–Trinajstić information content (AvgIpc) is 1.84. The van der Waals surface area contributed by atoms with E-state index in [2.05, 4.69) is 0 Å². The van der Waals surface area contributed by atoms with Gasteiger partial charge in [-0.05, 0) is 25.8 Å². The molecule has 0 saturated carbocycles. The van der Waals surface area contributed by atoms with Crippen LogP contribution in [0.15, 0.2) is 0 Å². The Kier molecular flexibility index (Phi) is 5.44. The fourth-order valence-electron chi connectivity index (χ4n) is 0.918. The lowest BCUT2D eigenvalue weighted by Crippen LogP contribution is -2.14. The van der Waals surface area contributed by atoms with Crippen LogP contribution in [0.1, 0.15) is 19.3 Å². The molecular formula is C7H17NO3S. The predicted molar refractivity (Wildman–Crippen MR) is 48.6 cm³/mol. The van der Waals surface area contributed by atoms with Gasteiger partial charge in [-0.15, -0.1) is 0 Å². The fraction of sp³-hybridized carbons (Fsp3) is 1.00. The van der Waals surface area contributed by atoms with Crippen LogP contribution < -0.4 is 5.73 Å². The molecule has 0 amide bonds. The summed E-state index contributed by atoms with van der Waals surface area (Å²) in [4.78, 5) is 0. The highest BCUT2D eigenvalue weighted by Crippen LogP contribution is 2.02. The van der Waals surface area contributed by atoms with E-state index in [1.54, 1.807) is 0 Å². The summed E-state index contributed by atoms with van der Waals surface area (Å²) in [6, 6.07) is 0. The molecule has 0 spiro atoms. The Morgan fingerprint density at radius 1 is 1.42 bits per heavy atom. The van der Waals surface area contributed by atoms with Crippen molar-refractivity contribution in [1.29, 1.82) is 0 Å². The number of nitrogens with two attached hydrogens (primary N) is 1. The Hall–Kier alpha value is -0.130. The van der Waals surface area contributed by atoms with Gasteiger partial charge in [0.1, 0.15) is 9.84 Å². The molecular weight excluding hydrogens is 178 g/mol. The molecule has 12 heavy (non-hydrogen) atoms. The largest absolute Gasteiger partial charge is 0.393 e. The maximum atomic E-state index is 10.7. The van der Waals surface area contributed by atoms with Gasteiger partial charge >= 0.3 is 0 Å². The van der Waals surface area contributed by atoms with Crippen LogP contribution in [0, 0.1) is 0 Å². The first-order valence-corrected chi connectivity index (χ1v) is 6.07. The van der Waals surface area contributed by atoms with Crippen molar-refractivity contribution in [2.75, 3.05) is 18.6 Å². The first-order chi connectivity index (χ1) is 5.45. The van der Waals surface area contributed by atoms with E-state index in [1.165, 1.54) is 6.26 Å². The molecule has 0 heterocycles. The van der Waals surface area contributed by atoms with E-state index in [0.717, 1.165) is 0 Å². The molecule has 0 rings (SSSR count). The molecule has 0 aromatic rings. The summed E-state index contributed by atoms with van der Waals surface area (Å²) in [7, 11) is -2.88. The first kappa shape index (κ1) is 11.9. The van der Waals surface area contributed by atoms with E-state index in [1.807, 2.05) is 0 Å². The van der Waals surface area contributed by atoms with Crippen LogP contribution in [-0.2, 0) is 9.84 Å². The maximum absolute atomic E-state index is 10.7. The van der Waals surface area contributed by atoms with E-state index < -0.39 is 15.9 Å². The number of rotatable bonds is 6. The normalized spacial score (nSPS) is 14.6. The molecule has 0 aromatic heterocycles. The van der Waals surface area contributed by atoms with Crippen molar-refractivity contribution in [1.82, 2.24) is 0 Å². The highest BCUT2D eigenvalue weighted by Gasteiger charge is 2.06. The molecule has 0 aliphatic heterocycles. The van der Waals surface area contributed by atoms with E-state index in [-0.39, 0.29) is 5.75 Å². The second-order valence-electron chi connectivity index (χ2n) is 3.00. The first-order valence-electron chi connectivity index (χ1n) is 4.01. The van der Waals surface area contributed by atoms with Crippen molar-refractivity contribution in [3.63, 3.8) is 0 Å². The highest BCUT2D eigenvalue weighted by atomic mass is 32.2. The average molecular weight is 195 g/mol. The van der Waals surface area contributed by atoms with Crippen molar-refractivity contribution in [2.45, 2.75) is 25.4 Å². The summed E-state index contributed by atoms with van der Waals surface area (Å²) in [5.41, 5.74) is 5.21. The fourth-order valence-corrected chi connectivity index (χ4v) is 1.61. The summed E-state index contributed by atoms with van der Waals surface area (Å²) in [6.07, 6.45) is 2.33. The standard InChI is InChI=1S/C7H17NO3S/c1-12(10,11)6-2-3-7(9)4-5-8/h7,9H,2-6,8H2,1H3. The van der Waals surface area contributed by atoms with Crippen molar-refractivity contribution < 1.29 is 13.5 Å².